The summed E-state index contributed by atoms with van der Waals surface area (Å²) < 4.78 is 51.3. The molecule has 2 nitrogen and oxygen atoms in total. The summed E-state index contributed by atoms with van der Waals surface area (Å²) in [5.41, 5.74) is 3.85. The predicted molar refractivity (Wildman–Crippen MR) is 66.7 cm³/mol. The van der Waals surface area contributed by atoms with E-state index in [1.807, 2.05) is 0 Å². The van der Waals surface area contributed by atoms with Gasteiger partial charge in [-0.05, 0) is 25.0 Å². The van der Waals surface area contributed by atoms with Gasteiger partial charge in [0.1, 0.15) is 0 Å². The van der Waals surface area contributed by atoms with Crippen LogP contribution in [0.2, 0.25) is 0 Å². The first-order valence-corrected chi connectivity index (χ1v) is 5.24. The average molecular weight is 300 g/mol. The molecule has 0 aliphatic heterocycles. The van der Waals surface area contributed by atoms with Gasteiger partial charge in [0.2, 0.25) is 0 Å². The lowest BCUT2D eigenvalue weighted by molar-refractivity contribution is -0.138. The summed E-state index contributed by atoms with van der Waals surface area (Å²) >= 11 is 0. The number of allylic oxidation sites excluding steroid dienone is 1. The highest BCUT2D eigenvalue weighted by Crippen LogP contribution is 2.40. The Balaban J connectivity index is 0.00000324. The molecular weight excluding hydrogens is 286 g/mol. The number of hydrogen-bond donors (Lipinski definition) is 2. The number of phenols is 1. The molecular formula is C12H14ClF4NO. The second kappa shape index (κ2) is 6.77. The van der Waals surface area contributed by atoms with Crippen molar-refractivity contribution in [1.29, 1.82) is 0 Å². The van der Waals surface area contributed by atoms with Crippen molar-refractivity contribution in [3.8, 4) is 5.75 Å². The smallest absolute Gasteiger partial charge is 0.416 e. The number of alkyl halides is 3. The van der Waals surface area contributed by atoms with Gasteiger partial charge in [0.15, 0.2) is 11.6 Å². The van der Waals surface area contributed by atoms with E-state index in [1.165, 1.54) is 6.08 Å². The lowest BCUT2D eigenvalue weighted by Gasteiger charge is -2.19. The highest BCUT2D eigenvalue weighted by Gasteiger charge is 2.36. The number of benzene rings is 1. The fourth-order valence-electron chi connectivity index (χ4n) is 1.65. The van der Waals surface area contributed by atoms with Crippen molar-refractivity contribution in [2.75, 3.05) is 0 Å². The van der Waals surface area contributed by atoms with Crippen LogP contribution in [0.25, 0.3) is 0 Å². The van der Waals surface area contributed by atoms with Crippen LogP contribution in [0.5, 0.6) is 5.75 Å². The molecule has 1 aromatic carbocycles. The van der Waals surface area contributed by atoms with Gasteiger partial charge < -0.3 is 10.8 Å². The minimum atomic E-state index is -4.69. The molecule has 0 radical (unpaired) electrons. The Kier molecular flexibility index (Phi) is 6.32. The maximum Gasteiger partial charge on any atom is 0.416 e. The van der Waals surface area contributed by atoms with Crippen molar-refractivity contribution in [3.63, 3.8) is 0 Å². The van der Waals surface area contributed by atoms with Crippen LogP contribution >= 0.6 is 12.4 Å². The topological polar surface area (TPSA) is 46.2 Å². The lowest BCUT2D eigenvalue weighted by Crippen LogP contribution is -2.18. The molecule has 1 aromatic rings. The van der Waals surface area contributed by atoms with Gasteiger partial charge in [-0.3, -0.25) is 0 Å². The Morgan fingerprint density at radius 1 is 1.37 bits per heavy atom. The molecule has 0 unspecified atom stereocenters. The number of nitrogens with two attached hydrogens (primary N) is 1. The summed E-state index contributed by atoms with van der Waals surface area (Å²) in [4.78, 5) is 0. The fraction of sp³-hybridized carbons (Fsp3) is 0.333. The number of rotatable bonds is 4. The predicted octanol–water partition coefficient (Wildman–Crippen LogP) is 3.94. The summed E-state index contributed by atoms with van der Waals surface area (Å²) in [6, 6.07) is 0.0513. The largest absolute Gasteiger partial charge is 0.505 e. The minimum Gasteiger partial charge on any atom is -0.505 e. The molecule has 19 heavy (non-hydrogen) atoms. The molecule has 3 N–H and O–H groups in total. The highest BCUT2D eigenvalue weighted by atomic mass is 35.5. The van der Waals surface area contributed by atoms with E-state index in [1.54, 1.807) is 0 Å². The van der Waals surface area contributed by atoms with Gasteiger partial charge in [-0.15, -0.1) is 19.0 Å². The van der Waals surface area contributed by atoms with E-state index in [4.69, 9.17) is 5.73 Å². The number of aromatic hydroxyl groups is 1. The van der Waals surface area contributed by atoms with Crippen LogP contribution in [0.15, 0.2) is 24.8 Å². The molecule has 108 valence electrons. The zero-order chi connectivity index (χ0) is 13.9. The number of phenolic OH excluding ortho intramolecular Hbond substituents is 1. The molecule has 0 saturated heterocycles. The van der Waals surface area contributed by atoms with Gasteiger partial charge in [0.05, 0.1) is 5.56 Å². The third kappa shape index (κ3) is 4.11. The van der Waals surface area contributed by atoms with E-state index in [0.29, 0.717) is 18.6 Å². The van der Waals surface area contributed by atoms with E-state index in [0.717, 1.165) is 0 Å². The normalized spacial score (nSPS) is 12.7. The molecule has 0 aromatic heterocycles. The average Bonchev–Trinajstić information content (AvgIpc) is 2.27. The maximum absolute atomic E-state index is 13.1. The van der Waals surface area contributed by atoms with Crippen LogP contribution in [0.1, 0.15) is 30.0 Å². The Hall–Kier alpha value is -1.27. The Morgan fingerprint density at radius 2 is 1.95 bits per heavy atom. The second-order valence-electron chi connectivity index (χ2n) is 3.83. The van der Waals surface area contributed by atoms with Gasteiger partial charge in [-0.1, -0.05) is 6.08 Å². The molecule has 0 saturated carbocycles. The molecule has 0 bridgehead atoms. The Labute approximate surface area is 114 Å². The van der Waals surface area contributed by atoms with E-state index in [2.05, 4.69) is 6.58 Å². The molecule has 0 spiro atoms. The first-order valence-electron chi connectivity index (χ1n) is 5.24. The number of hydrogen-bond acceptors (Lipinski definition) is 2. The molecule has 0 heterocycles. The van der Waals surface area contributed by atoms with E-state index in [-0.39, 0.29) is 18.8 Å². The monoisotopic (exact) mass is 299 g/mol. The SMILES string of the molecule is C=CCC[C@@H](N)c1c(C(F)(F)F)ccc(F)c1O.Cl. The Bertz CT molecular complexity index is 448. The highest BCUT2D eigenvalue weighted by molar-refractivity contribution is 5.85. The quantitative estimate of drug-likeness (QED) is 0.653. The number of halogens is 5. The molecule has 0 fully saturated rings. The standard InChI is InChI=1S/C12H13F4NO.ClH/c1-2-3-4-9(17)10-7(12(14,15)16)5-6-8(13)11(10)18;/h2,5-6,9,18H,1,3-4,17H2;1H/t9-;/m1./s1. The molecule has 7 heteroatoms. The van der Waals surface area contributed by atoms with Crippen molar-refractivity contribution < 1.29 is 22.7 Å². The van der Waals surface area contributed by atoms with E-state index < -0.39 is 34.9 Å². The zero-order valence-electron chi connectivity index (χ0n) is 9.88. The minimum absolute atomic E-state index is 0. The van der Waals surface area contributed by atoms with Crippen LogP contribution in [-0.4, -0.2) is 5.11 Å². The third-order valence-electron chi connectivity index (χ3n) is 2.53. The molecule has 1 rings (SSSR count). The van der Waals surface area contributed by atoms with Crippen molar-refractivity contribution in [3.05, 3.63) is 41.7 Å². The summed E-state index contributed by atoms with van der Waals surface area (Å²) in [6.45, 7) is 3.42. The summed E-state index contributed by atoms with van der Waals surface area (Å²) in [6.07, 6.45) is -2.69. The third-order valence-corrected chi connectivity index (χ3v) is 2.53. The van der Waals surface area contributed by atoms with E-state index >= 15 is 0 Å². The van der Waals surface area contributed by atoms with Crippen LogP contribution < -0.4 is 5.73 Å². The van der Waals surface area contributed by atoms with Gasteiger partial charge in [-0.25, -0.2) is 4.39 Å². The van der Waals surface area contributed by atoms with Crippen molar-refractivity contribution in [1.82, 2.24) is 0 Å². The summed E-state index contributed by atoms with van der Waals surface area (Å²) in [5.74, 6) is -2.16. The molecule has 0 aliphatic carbocycles. The van der Waals surface area contributed by atoms with Crippen LogP contribution in [-0.2, 0) is 6.18 Å². The van der Waals surface area contributed by atoms with Gasteiger partial charge in [0, 0.05) is 11.6 Å². The van der Waals surface area contributed by atoms with Crippen LogP contribution in [0.3, 0.4) is 0 Å². The molecule has 1 atom stereocenters. The second-order valence-corrected chi connectivity index (χ2v) is 3.83. The van der Waals surface area contributed by atoms with Crippen LogP contribution in [0.4, 0.5) is 17.6 Å². The maximum atomic E-state index is 13.1. The first-order chi connectivity index (χ1) is 8.29. The van der Waals surface area contributed by atoms with Gasteiger partial charge >= 0.3 is 6.18 Å². The van der Waals surface area contributed by atoms with Crippen molar-refractivity contribution in [2.24, 2.45) is 5.73 Å². The zero-order valence-corrected chi connectivity index (χ0v) is 10.7. The summed E-state index contributed by atoms with van der Waals surface area (Å²) in [5, 5.41) is 9.43. The fourth-order valence-corrected chi connectivity index (χ4v) is 1.65. The van der Waals surface area contributed by atoms with Crippen molar-refractivity contribution >= 4 is 12.4 Å². The van der Waals surface area contributed by atoms with Gasteiger partial charge in [-0.2, -0.15) is 13.2 Å². The van der Waals surface area contributed by atoms with Crippen LogP contribution in [0, 0.1) is 5.82 Å². The lowest BCUT2D eigenvalue weighted by atomic mass is 9.95. The van der Waals surface area contributed by atoms with Crippen molar-refractivity contribution in [2.45, 2.75) is 25.1 Å². The first kappa shape index (κ1) is 17.7. The van der Waals surface area contributed by atoms with E-state index in [9.17, 15) is 22.7 Å². The van der Waals surface area contributed by atoms with Gasteiger partial charge in [0.25, 0.3) is 0 Å². The molecule has 0 aliphatic rings. The Morgan fingerprint density at radius 3 is 2.42 bits per heavy atom. The summed E-state index contributed by atoms with van der Waals surface area (Å²) in [7, 11) is 0. The molecule has 0 amide bonds.